The molecule has 0 saturated heterocycles. The molecule has 0 amide bonds. The van der Waals surface area contributed by atoms with Crippen LogP contribution in [0.25, 0.3) is 0 Å². The molecule has 1 aromatic rings. The van der Waals surface area contributed by atoms with Crippen LogP contribution in [0.2, 0.25) is 0 Å². The van der Waals surface area contributed by atoms with Gasteiger partial charge >= 0.3 is 0 Å². The van der Waals surface area contributed by atoms with Gasteiger partial charge in [0.1, 0.15) is 5.78 Å². The Bertz CT molecular complexity index is 382. The number of rotatable bonds is 5. The van der Waals surface area contributed by atoms with Crippen LogP contribution < -0.4 is 0 Å². The molecule has 0 N–H and O–H groups in total. The molecular formula is C14H19BrOS. The molecule has 0 heterocycles. The van der Waals surface area contributed by atoms with E-state index in [-0.39, 0.29) is 5.41 Å². The lowest BCUT2D eigenvalue weighted by Gasteiger charge is -2.16. The normalized spacial score (nSPS) is 11.5. The molecule has 0 aromatic heterocycles. The second kappa shape index (κ2) is 6.60. The molecular weight excluding hydrogens is 296 g/mol. The first-order valence-corrected chi connectivity index (χ1v) is 7.55. The molecule has 1 aromatic carbocycles. The summed E-state index contributed by atoms with van der Waals surface area (Å²) in [6.45, 7) is 6.51. The average molecular weight is 315 g/mol. The maximum Gasteiger partial charge on any atom is 0.143 e. The zero-order chi connectivity index (χ0) is 12.9. The molecule has 0 aliphatic rings. The monoisotopic (exact) mass is 314 g/mol. The fourth-order valence-corrected chi connectivity index (χ4v) is 2.72. The zero-order valence-electron chi connectivity index (χ0n) is 10.6. The first-order chi connectivity index (χ1) is 7.87. The van der Waals surface area contributed by atoms with Gasteiger partial charge in [0.05, 0.1) is 5.75 Å². The van der Waals surface area contributed by atoms with E-state index in [1.165, 1.54) is 0 Å². The summed E-state index contributed by atoms with van der Waals surface area (Å²) in [5.41, 5.74) is 0.246. The minimum Gasteiger partial charge on any atom is -0.299 e. The van der Waals surface area contributed by atoms with Crippen LogP contribution in [0.15, 0.2) is 33.6 Å². The molecule has 0 aliphatic carbocycles. The Morgan fingerprint density at radius 3 is 2.65 bits per heavy atom. The number of ketones is 1. The molecule has 0 fully saturated rings. The molecule has 0 aliphatic heterocycles. The first kappa shape index (κ1) is 14.8. The summed E-state index contributed by atoms with van der Waals surface area (Å²) in [7, 11) is 0. The van der Waals surface area contributed by atoms with Crippen LogP contribution in [0.3, 0.4) is 0 Å². The Labute approximate surface area is 117 Å². The Kier molecular flexibility index (Phi) is 5.74. The highest BCUT2D eigenvalue weighted by molar-refractivity contribution is 9.10. The van der Waals surface area contributed by atoms with Crippen molar-refractivity contribution in [2.75, 3.05) is 5.75 Å². The zero-order valence-corrected chi connectivity index (χ0v) is 13.0. The first-order valence-electron chi connectivity index (χ1n) is 5.77. The SMILES string of the molecule is CC(C)(C)CCC(=O)CSc1cccc(Br)c1. The van der Waals surface area contributed by atoms with Crippen LogP contribution >= 0.6 is 27.7 Å². The number of thioether (sulfide) groups is 1. The molecule has 0 bridgehead atoms. The Balaban J connectivity index is 2.33. The van der Waals surface area contributed by atoms with Crippen molar-refractivity contribution in [2.45, 2.75) is 38.5 Å². The summed E-state index contributed by atoms with van der Waals surface area (Å²) >= 11 is 5.04. The van der Waals surface area contributed by atoms with Gasteiger partial charge < -0.3 is 0 Å². The van der Waals surface area contributed by atoms with Gasteiger partial charge in [-0.2, -0.15) is 0 Å². The Hall–Kier alpha value is -0.280. The molecule has 1 nitrogen and oxygen atoms in total. The van der Waals surface area contributed by atoms with Gasteiger partial charge in [0.15, 0.2) is 0 Å². The van der Waals surface area contributed by atoms with Crippen LogP contribution in [0, 0.1) is 5.41 Å². The van der Waals surface area contributed by atoms with E-state index in [1.807, 2.05) is 24.3 Å². The van der Waals surface area contributed by atoms with Gasteiger partial charge in [0, 0.05) is 15.8 Å². The quantitative estimate of drug-likeness (QED) is 0.716. The maximum absolute atomic E-state index is 11.7. The molecule has 0 spiro atoms. The van der Waals surface area contributed by atoms with Gasteiger partial charge in [-0.25, -0.2) is 0 Å². The van der Waals surface area contributed by atoms with Gasteiger partial charge in [-0.1, -0.05) is 42.8 Å². The third kappa shape index (κ3) is 6.89. The molecule has 1 rings (SSSR count). The molecule has 0 saturated carbocycles. The number of benzene rings is 1. The smallest absolute Gasteiger partial charge is 0.143 e. The van der Waals surface area contributed by atoms with E-state index in [1.54, 1.807) is 11.8 Å². The second-order valence-corrected chi connectivity index (χ2v) is 7.31. The van der Waals surface area contributed by atoms with E-state index in [4.69, 9.17) is 0 Å². The van der Waals surface area contributed by atoms with Crippen LogP contribution in [-0.2, 0) is 4.79 Å². The van der Waals surface area contributed by atoms with E-state index in [0.29, 0.717) is 18.0 Å². The van der Waals surface area contributed by atoms with Gasteiger partial charge in [-0.15, -0.1) is 11.8 Å². The lowest BCUT2D eigenvalue weighted by molar-refractivity contribution is -0.117. The minimum atomic E-state index is 0.246. The molecule has 0 unspecified atom stereocenters. The summed E-state index contributed by atoms with van der Waals surface area (Å²) in [6.07, 6.45) is 1.65. The van der Waals surface area contributed by atoms with Crippen molar-refractivity contribution < 1.29 is 4.79 Å². The molecule has 0 atom stereocenters. The van der Waals surface area contributed by atoms with Crippen molar-refractivity contribution in [2.24, 2.45) is 5.41 Å². The van der Waals surface area contributed by atoms with Crippen molar-refractivity contribution in [1.29, 1.82) is 0 Å². The van der Waals surface area contributed by atoms with Crippen molar-refractivity contribution in [3.05, 3.63) is 28.7 Å². The second-order valence-electron chi connectivity index (χ2n) is 5.35. The van der Waals surface area contributed by atoms with Gasteiger partial charge in [-0.05, 0) is 30.0 Å². The molecule has 3 heteroatoms. The van der Waals surface area contributed by atoms with E-state index >= 15 is 0 Å². The van der Waals surface area contributed by atoms with Crippen molar-refractivity contribution in [1.82, 2.24) is 0 Å². The number of carbonyl (C=O) groups excluding carboxylic acids is 1. The number of carbonyl (C=O) groups is 1. The summed E-state index contributed by atoms with van der Waals surface area (Å²) in [4.78, 5) is 12.9. The van der Waals surface area contributed by atoms with E-state index in [2.05, 4.69) is 36.7 Å². The fraction of sp³-hybridized carbons (Fsp3) is 0.500. The summed E-state index contributed by atoms with van der Waals surface area (Å²) < 4.78 is 1.06. The van der Waals surface area contributed by atoms with Gasteiger partial charge in [0.25, 0.3) is 0 Å². The van der Waals surface area contributed by atoms with Crippen molar-refractivity contribution in [3.8, 4) is 0 Å². The van der Waals surface area contributed by atoms with Gasteiger partial charge in [0.2, 0.25) is 0 Å². The third-order valence-electron chi connectivity index (χ3n) is 2.35. The van der Waals surface area contributed by atoms with Crippen LogP contribution in [0.4, 0.5) is 0 Å². The van der Waals surface area contributed by atoms with Crippen molar-refractivity contribution in [3.63, 3.8) is 0 Å². The molecule has 94 valence electrons. The van der Waals surface area contributed by atoms with Crippen LogP contribution in [0.1, 0.15) is 33.6 Å². The van der Waals surface area contributed by atoms with E-state index < -0.39 is 0 Å². The van der Waals surface area contributed by atoms with Crippen LogP contribution in [0.5, 0.6) is 0 Å². The lowest BCUT2D eigenvalue weighted by Crippen LogP contribution is -2.10. The van der Waals surface area contributed by atoms with Gasteiger partial charge in [-0.3, -0.25) is 4.79 Å². The molecule has 17 heavy (non-hydrogen) atoms. The standard InChI is InChI=1S/C14H19BrOS/c1-14(2,3)8-7-12(16)10-17-13-6-4-5-11(15)9-13/h4-6,9H,7-8,10H2,1-3H3. The largest absolute Gasteiger partial charge is 0.299 e. The predicted molar refractivity (Wildman–Crippen MR) is 78.6 cm³/mol. The highest BCUT2D eigenvalue weighted by atomic mass is 79.9. The van der Waals surface area contributed by atoms with Crippen LogP contribution in [-0.4, -0.2) is 11.5 Å². The number of hydrogen-bond donors (Lipinski definition) is 0. The molecule has 0 radical (unpaired) electrons. The van der Waals surface area contributed by atoms with E-state index in [0.717, 1.165) is 15.8 Å². The predicted octanol–water partition coefficient (Wildman–Crippen LogP) is 4.94. The highest BCUT2D eigenvalue weighted by Gasteiger charge is 2.12. The highest BCUT2D eigenvalue weighted by Crippen LogP contribution is 2.24. The fourth-order valence-electron chi connectivity index (χ4n) is 1.31. The number of hydrogen-bond acceptors (Lipinski definition) is 2. The summed E-state index contributed by atoms with van der Waals surface area (Å²) in [5, 5.41) is 0. The van der Waals surface area contributed by atoms with Crippen molar-refractivity contribution >= 4 is 33.5 Å². The number of Topliss-reactive ketones (excluding diaryl/α,β-unsaturated/α-hetero) is 1. The summed E-state index contributed by atoms with van der Waals surface area (Å²) in [5.74, 6) is 0.914. The Morgan fingerprint density at radius 2 is 2.06 bits per heavy atom. The maximum atomic E-state index is 11.7. The number of halogens is 1. The van der Waals surface area contributed by atoms with E-state index in [9.17, 15) is 4.79 Å². The minimum absolute atomic E-state index is 0.246. The lowest BCUT2D eigenvalue weighted by atomic mass is 9.90. The Morgan fingerprint density at radius 1 is 1.35 bits per heavy atom. The average Bonchev–Trinajstić information content (AvgIpc) is 2.23. The summed E-state index contributed by atoms with van der Waals surface area (Å²) in [6, 6.07) is 8.06. The third-order valence-corrected chi connectivity index (χ3v) is 3.90. The topological polar surface area (TPSA) is 17.1 Å².